The highest BCUT2D eigenvalue weighted by molar-refractivity contribution is 6.13. The predicted octanol–water partition coefficient (Wildman–Crippen LogP) is 2.52. The van der Waals surface area contributed by atoms with Crippen molar-refractivity contribution >= 4 is 11.5 Å². The number of anilines is 1. The van der Waals surface area contributed by atoms with Crippen molar-refractivity contribution in [3.8, 4) is 11.5 Å². The molecule has 0 amide bonds. The lowest BCUT2D eigenvalue weighted by molar-refractivity contribution is 0.103. The van der Waals surface area contributed by atoms with Crippen molar-refractivity contribution in [2.45, 2.75) is 0 Å². The summed E-state index contributed by atoms with van der Waals surface area (Å²) < 4.78 is 10.3. The summed E-state index contributed by atoms with van der Waals surface area (Å²) in [4.78, 5) is 12.4. The lowest BCUT2D eigenvalue weighted by Crippen LogP contribution is -2.07. The third-order valence-corrected chi connectivity index (χ3v) is 2.86. The Labute approximate surface area is 111 Å². The molecule has 0 aliphatic heterocycles. The number of benzene rings is 2. The molecule has 98 valence electrons. The first-order valence-corrected chi connectivity index (χ1v) is 5.78. The van der Waals surface area contributed by atoms with Crippen LogP contribution in [0.2, 0.25) is 0 Å². The second-order valence-electron chi connectivity index (χ2n) is 3.98. The largest absolute Gasteiger partial charge is 0.497 e. The number of hydrogen-bond donors (Lipinski definition) is 1. The maximum Gasteiger partial charge on any atom is 0.198 e. The van der Waals surface area contributed by atoms with Gasteiger partial charge in [0.05, 0.1) is 19.8 Å². The Hall–Kier alpha value is -2.49. The van der Waals surface area contributed by atoms with Gasteiger partial charge >= 0.3 is 0 Å². The van der Waals surface area contributed by atoms with E-state index >= 15 is 0 Å². The Morgan fingerprint density at radius 2 is 1.68 bits per heavy atom. The molecule has 0 spiro atoms. The van der Waals surface area contributed by atoms with Gasteiger partial charge in [-0.1, -0.05) is 6.07 Å². The normalized spacial score (nSPS) is 10.0. The second-order valence-corrected chi connectivity index (χ2v) is 3.98. The van der Waals surface area contributed by atoms with Crippen molar-refractivity contribution in [3.05, 3.63) is 53.6 Å². The third-order valence-electron chi connectivity index (χ3n) is 2.86. The Morgan fingerprint density at radius 3 is 2.26 bits per heavy atom. The van der Waals surface area contributed by atoms with Gasteiger partial charge in [0, 0.05) is 11.3 Å². The molecule has 0 bridgehead atoms. The molecule has 2 rings (SSSR count). The van der Waals surface area contributed by atoms with Crippen LogP contribution in [0.3, 0.4) is 0 Å². The molecule has 2 N–H and O–H groups in total. The molecule has 0 heterocycles. The lowest BCUT2D eigenvalue weighted by atomic mass is 10.0. The molecule has 4 heteroatoms. The van der Waals surface area contributed by atoms with E-state index in [1.807, 2.05) is 0 Å². The van der Waals surface area contributed by atoms with Gasteiger partial charge in [-0.3, -0.25) is 4.79 Å². The number of nitrogen functional groups attached to an aromatic ring is 1. The summed E-state index contributed by atoms with van der Waals surface area (Å²) in [6.45, 7) is 0. The van der Waals surface area contributed by atoms with E-state index in [1.165, 1.54) is 7.11 Å². The summed E-state index contributed by atoms with van der Waals surface area (Å²) in [5.41, 5.74) is 7.19. The minimum absolute atomic E-state index is 0.169. The van der Waals surface area contributed by atoms with E-state index < -0.39 is 0 Å². The first-order valence-electron chi connectivity index (χ1n) is 5.78. The molecule has 2 aromatic carbocycles. The molecule has 0 aliphatic rings. The van der Waals surface area contributed by atoms with Crippen LogP contribution in [0.5, 0.6) is 11.5 Å². The van der Waals surface area contributed by atoms with Gasteiger partial charge in [0.2, 0.25) is 0 Å². The Kier molecular flexibility index (Phi) is 3.71. The molecule has 4 nitrogen and oxygen atoms in total. The zero-order chi connectivity index (χ0) is 13.8. The molecule has 2 aromatic rings. The number of ether oxygens (including phenoxy) is 2. The van der Waals surface area contributed by atoms with Crippen molar-refractivity contribution in [1.29, 1.82) is 0 Å². The van der Waals surface area contributed by atoms with Crippen molar-refractivity contribution < 1.29 is 14.3 Å². The van der Waals surface area contributed by atoms with Crippen LogP contribution in [0.15, 0.2) is 42.5 Å². The molecule has 0 saturated heterocycles. The fourth-order valence-corrected chi connectivity index (χ4v) is 1.85. The molecular weight excluding hydrogens is 242 g/mol. The number of rotatable bonds is 4. The van der Waals surface area contributed by atoms with Crippen molar-refractivity contribution in [2.75, 3.05) is 20.0 Å². The maximum absolute atomic E-state index is 12.4. The van der Waals surface area contributed by atoms with Crippen LogP contribution in [0.4, 0.5) is 5.69 Å². The SMILES string of the molecule is COc1ccc(C(=O)c2c(N)cccc2OC)cc1. The van der Waals surface area contributed by atoms with E-state index in [4.69, 9.17) is 15.2 Å². The molecule has 0 aliphatic carbocycles. The van der Waals surface area contributed by atoms with Crippen LogP contribution < -0.4 is 15.2 Å². The minimum Gasteiger partial charge on any atom is -0.497 e. The van der Waals surface area contributed by atoms with Crippen LogP contribution in [-0.2, 0) is 0 Å². The number of ketones is 1. The van der Waals surface area contributed by atoms with Crippen molar-refractivity contribution in [2.24, 2.45) is 0 Å². The zero-order valence-corrected chi connectivity index (χ0v) is 10.8. The number of carbonyl (C=O) groups excluding carboxylic acids is 1. The van der Waals surface area contributed by atoms with Gasteiger partial charge in [-0.05, 0) is 36.4 Å². The van der Waals surface area contributed by atoms with Crippen LogP contribution in [0.1, 0.15) is 15.9 Å². The number of carbonyl (C=O) groups is 1. The molecule has 19 heavy (non-hydrogen) atoms. The first-order chi connectivity index (χ1) is 9.17. The van der Waals surface area contributed by atoms with Crippen LogP contribution in [0.25, 0.3) is 0 Å². The van der Waals surface area contributed by atoms with E-state index in [9.17, 15) is 4.79 Å². The fourth-order valence-electron chi connectivity index (χ4n) is 1.85. The highest BCUT2D eigenvalue weighted by Crippen LogP contribution is 2.27. The topological polar surface area (TPSA) is 61.5 Å². The van der Waals surface area contributed by atoms with Gasteiger partial charge in [-0.15, -0.1) is 0 Å². The molecule has 0 radical (unpaired) electrons. The molecule has 0 saturated carbocycles. The molecular formula is C15H15NO3. The van der Waals surface area contributed by atoms with Gasteiger partial charge < -0.3 is 15.2 Å². The van der Waals surface area contributed by atoms with Gasteiger partial charge in [-0.2, -0.15) is 0 Å². The van der Waals surface area contributed by atoms with Crippen LogP contribution in [0, 0.1) is 0 Å². The number of hydrogen-bond acceptors (Lipinski definition) is 4. The fraction of sp³-hybridized carbons (Fsp3) is 0.133. The van der Waals surface area contributed by atoms with E-state index in [0.717, 1.165) is 0 Å². The molecule has 0 fully saturated rings. The Bertz CT molecular complexity index is 591. The zero-order valence-electron chi connectivity index (χ0n) is 10.8. The van der Waals surface area contributed by atoms with Crippen molar-refractivity contribution in [1.82, 2.24) is 0 Å². The first kappa shape index (κ1) is 13.0. The average Bonchev–Trinajstić information content (AvgIpc) is 2.46. The Morgan fingerprint density at radius 1 is 1.00 bits per heavy atom. The van der Waals surface area contributed by atoms with E-state index in [-0.39, 0.29) is 5.78 Å². The smallest absolute Gasteiger partial charge is 0.198 e. The second kappa shape index (κ2) is 5.44. The maximum atomic E-state index is 12.4. The summed E-state index contributed by atoms with van der Waals surface area (Å²) in [7, 11) is 3.09. The summed E-state index contributed by atoms with van der Waals surface area (Å²) in [5, 5.41) is 0. The summed E-state index contributed by atoms with van der Waals surface area (Å²) in [6, 6.07) is 12.0. The summed E-state index contributed by atoms with van der Waals surface area (Å²) in [5.74, 6) is 1.00. The lowest BCUT2D eigenvalue weighted by Gasteiger charge is -2.10. The van der Waals surface area contributed by atoms with Gasteiger partial charge in [0.1, 0.15) is 11.5 Å². The summed E-state index contributed by atoms with van der Waals surface area (Å²) >= 11 is 0. The molecule has 0 atom stereocenters. The Balaban J connectivity index is 2.43. The quantitative estimate of drug-likeness (QED) is 0.675. The number of nitrogens with two attached hydrogens (primary N) is 1. The van der Waals surface area contributed by atoms with Gasteiger partial charge in [0.25, 0.3) is 0 Å². The summed E-state index contributed by atoms with van der Waals surface area (Å²) in [6.07, 6.45) is 0. The number of methoxy groups -OCH3 is 2. The monoisotopic (exact) mass is 257 g/mol. The minimum atomic E-state index is -0.169. The van der Waals surface area contributed by atoms with E-state index in [1.54, 1.807) is 49.6 Å². The predicted molar refractivity (Wildman–Crippen MR) is 73.8 cm³/mol. The standard InChI is InChI=1S/C15H15NO3/c1-18-11-8-6-10(7-9-11)15(17)14-12(16)4-3-5-13(14)19-2/h3-9H,16H2,1-2H3. The van der Waals surface area contributed by atoms with Gasteiger partial charge in [0.15, 0.2) is 5.78 Å². The molecule has 0 unspecified atom stereocenters. The highest BCUT2D eigenvalue weighted by Gasteiger charge is 2.17. The molecule has 0 aromatic heterocycles. The van der Waals surface area contributed by atoms with Gasteiger partial charge in [-0.25, -0.2) is 0 Å². The van der Waals surface area contributed by atoms with Crippen LogP contribution in [-0.4, -0.2) is 20.0 Å². The van der Waals surface area contributed by atoms with Crippen molar-refractivity contribution in [3.63, 3.8) is 0 Å². The third kappa shape index (κ3) is 2.52. The highest BCUT2D eigenvalue weighted by atomic mass is 16.5. The van der Waals surface area contributed by atoms with Crippen LogP contribution >= 0.6 is 0 Å². The van der Waals surface area contributed by atoms with E-state index in [0.29, 0.717) is 28.3 Å². The van der Waals surface area contributed by atoms with E-state index in [2.05, 4.69) is 0 Å². The average molecular weight is 257 g/mol.